The maximum atomic E-state index is 13.8. The monoisotopic (exact) mass is 326 g/mol. The molecule has 3 aromatic rings. The van der Waals surface area contributed by atoms with E-state index in [4.69, 9.17) is 23.2 Å². The van der Waals surface area contributed by atoms with E-state index in [0.29, 0.717) is 30.6 Å². The Morgan fingerprint density at radius 1 is 1.00 bits per heavy atom. The van der Waals surface area contributed by atoms with Crippen molar-refractivity contribution >= 4 is 45.3 Å². The fourth-order valence-electron chi connectivity index (χ4n) is 2.23. The molecule has 20 heavy (non-hydrogen) atoms. The summed E-state index contributed by atoms with van der Waals surface area (Å²) in [6.45, 7) is 0. The molecule has 0 aliphatic carbocycles. The van der Waals surface area contributed by atoms with Gasteiger partial charge in [-0.2, -0.15) is 0 Å². The van der Waals surface area contributed by atoms with E-state index in [1.165, 1.54) is 17.4 Å². The highest BCUT2D eigenvalue weighted by atomic mass is 35.5. The van der Waals surface area contributed by atoms with E-state index < -0.39 is 6.10 Å². The first-order valence-corrected chi connectivity index (χ1v) is 7.45. The van der Waals surface area contributed by atoms with Crippen LogP contribution in [0.15, 0.2) is 42.5 Å². The molecule has 3 rings (SSSR count). The molecule has 2 aromatic carbocycles. The summed E-state index contributed by atoms with van der Waals surface area (Å²) in [7, 11) is 0. The highest BCUT2D eigenvalue weighted by molar-refractivity contribution is 7.20. The van der Waals surface area contributed by atoms with Gasteiger partial charge in [-0.25, -0.2) is 4.39 Å². The third-order valence-corrected chi connectivity index (χ3v) is 4.69. The zero-order valence-corrected chi connectivity index (χ0v) is 12.4. The molecule has 0 spiro atoms. The predicted molar refractivity (Wildman–Crippen MR) is 82.3 cm³/mol. The van der Waals surface area contributed by atoms with Gasteiger partial charge in [0, 0.05) is 10.9 Å². The zero-order chi connectivity index (χ0) is 14.3. The highest BCUT2D eigenvalue weighted by Gasteiger charge is 2.19. The second-order valence-corrected chi connectivity index (χ2v) is 6.65. The SMILES string of the molecule is OC(c1cc(Cl)sc1Cl)c1ccc(F)c2ccccc12. The lowest BCUT2D eigenvalue weighted by atomic mass is 9.97. The molecule has 5 heteroatoms. The van der Waals surface area contributed by atoms with E-state index in [1.54, 1.807) is 36.4 Å². The van der Waals surface area contributed by atoms with Crippen LogP contribution in [-0.2, 0) is 0 Å². The fourth-order valence-corrected chi connectivity index (χ4v) is 3.75. The first-order chi connectivity index (χ1) is 9.58. The number of thiophene rings is 1. The first-order valence-electron chi connectivity index (χ1n) is 5.88. The molecule has 1 aromatic heterocycles. The minimum atomic E-state index is -0.934. The van der Waals surface area contributed by atoms with Gasteiger partial charge in [-0.05, 0) is 23.1 Å². The molecule has 1 nitrogen and oxygen atoms in total. The number of halogens is 3. The van der Waals surface area contributed by atoms with Crippen molar-refractivity contribution in [2.24, 2.45) is 0 Å². The van der Waals surface area contributed by atoms with Crippen LogP contribution in [-0.4, -0.2) is 5.11 Å². The van der Waals surface area contributed by atoms with E-state index in [-0.39, 0.29) is 5.82 Å². The minimum Gasteiger partial charge on any atom is -0.384 e. The lowest BCUT2D eigenvalue weighted by Gasteiger charge is -2.13. The van der Waals surface area contributed by atoms with Crippen molar-refractivity contribution in [1.29, 1.82) is 0 Å². The van der Waals surface area contributed by atoms with Gasteiger partial charge in [-0.15, -0.1) is 11.3 Å². The lowest BCUT2D eigenvalue weighted by molar-refractivity contribution is 0.222. The average molecular weight is 327 g/mol. The van der Waals surface area contributed by atoms with Crippen molar-refractivity contribution in [2.75, 3.05) is 0 Å². The largest absolute Gasteiger partial charge is 0.384 e. The molecule has 0 radical (unpaired) electrons. The van der Waals surface area contributed by atoms with Crippen molar-refractivity contribution in [3.63, 3.8) is 0 Å². The Hall–Kier alpha value is -1.13. The third-order valence-electron chi connectivity index (χ3n) is 3.18. The summed E-state index contributed by atoms with van der Waals surface area (Å²) in [5, 5.41) is 11.7. The summed E-state index contributed by atoms with van der Waals surface area (Å²) in [6, 6.07) is 11.6. The van der Waals surface area contributed by atoms with E-state index >= 15 is 0 Å². The standard InChI is InChI=1S/C15H9Cl2FOS/c16-13-7-11(15(17)20-13)14(19)10-5-6-12(18)9-4-2-1-3-8(9)10/h1-7,14,19H. The molecule has 1 N–H and O–H groups in total. The third kappa shape index (κ3) is 2.31. The molecule has 102 valence electrons. The van der Waals surface area contributed by atoms with E-state index in [1.807, 2.05) is 0 Å². The van der Waals surface area contributed by atoms with Crippen molar-refractivity contribution in [2.45, 2.75) is 6.10 Å². The van der Waals surface area contributed by atoms with E-state index in [9.17, 15) is 9.50 Å². The minimum absolute atomic E-state index is 0.314. The van der Waals surface area contributed by atoms with Gasteiger partial charge in [0.1, 0.15) is 16.3 Å². The second-order valence-electron chi connectivity index (χ2n) is 4.36. The molecule has 0 saturated carbocycles. The number of benzene rings is 2. The number of hydrogen-bond donors (Lipinski definition) is 1. The van der Waals surface area contributed by atoms with Gasteiger partial charge in [0.2, 0.25) is 0 Å². The van der Waals surface area contributed by atoms with Gasteiger partial charge in [0.15, 0.2) is 0 Å². The summed E-state index contributed by atoms with van der Waals surface area (Å²) < 4.78 is 14.7. The molecule has 1 heterocycles. The van der Waals surface area contributed by atoms with Crippen LogP contribution in [0.25, 0.3) is 10.8 Å². The zero-order valence-electron chi connectivity index (χ0n) is 10.1. The Kier molecular flexibility index (Phi) is 3.69. The normalized spacial score (nSPS) is 12.8. The molecule has 0 amide bonds. The van der Waals surface area contributed by atoms with Crippen LogP contribution in [0.5, 0.6) is 0 Å². The number of aliphatic hydroxyl groups is 1. The Morgan fingerprint density at radius 2 is 1.70 bits per heavy atom. The van der Waals surface area contributed by atoms with Gasteiger partial charge in [-0.3, -0.25) is 0 Å². The summed E-state index contributed by atoms with van der Waals surface area (Å²) >= 11 is 13.2. The second kappa shape index (κ2) is 5.34. The molecular weight excluding hydrogens is 318 g/mol. The van der Waals surface area contributed by atoms with E-state index in [0.717, 1.165) is 0 Å². The van der Waals surface area contributed by atoms with Crippen LogP contribution >= 0.6 is 34.5 Å². The van der Waals surface area contributed by atoms with Crippen molar-refractivity contribution < 1.29 is 9.50 Å². The Bertz CT molecular complexity index is 785. The highest BCUT2D eigenvalue weighted by Crippen LogP contribution is 2.39. The van der Waals surface area contributed by atoms with Crippen LogP contribution in [0.4, 0.5) is 4.39 Å². The van der Waals surface area contributed by atoms with Crippen molar-refractivity contribution in [1.82, 2.24) is 0 Å². The molecule has 0 aliphatic rings. The average Bonchev–Trinajstić information content (AvgIpc) is 2.78. The van der Waals surface area contributed by atoms with Crippen LogP contribution in [0, 0.1) is 5.82 Å². The van der Waals surface area contributed by atoms with Crippen molar-refractivity contribution in [3.8, 4) is 0 Å². The van der Waals surface area contributed by atoms with E-state index in [2.05, 4.69) is 0 Å². The van der Waals surface area contributed by atoms with Crippen LogP contribution in [0.1, 0.15) is 17.2 Å². The molecule has 0 fully saturated rings. The first kappa shape index (κ1) is 13.8. The number of rotatable bonds is 2. The van der Waals surface area contributed by atoms with Gasteiger partial charge in [0.25, 0.3) is 0 Å². The molecule has 0 saturated heterocycles. The molecule has 1 unspecified atom stereocenters. The Labute approximate surface area is 129 Å². The number of hydrogen-bond acceptors (Lipinski definition) is 2. The van der Waals surface area contributed by atoms with Gasteiger partial charge >= 0.3 is 0 Å². The fraction of sp³-hybridized carbons (Fsp3) is 0.0667. The van der Waals surface area contributed by atoms with Gasteiger partial charge in [0.05, 0.1) is 4.34 Å². The summed E-state index contributed by atoms with van der Waals surface area (Å²) in [6.07, 6.45) is -0.934. The smallest absolute Gasteiger partial charge is 0.131 e. The van der Waals surface area contributed by atoms with Crippen LogP contribution < -0.4 is 0 Å². The number of fused-ring (bicyclic) bond motifs is 1. The molecule has 0 bridgehead atoms. The number of aliphatic hydroxyl groups excluding tert-OH is 1. The molecule has 1 atom stereocenters. The Balaban J connectivity index is 2.20. The topological polar surface area (TPSA) is 20.2 Å². The molecule has 0 aliphatic heterocycles. The summed E-state index contributed by atoms with van der Waals surface area (Å²) in [4.78, 5) is 0. The maximum absolute atomic E-state index is 13.8. The van der Waals surface area contributed by atoms with Crippen LogP contribution in [0.3, 0.4) is 0 Å². The summed E-state index contributed by atoms with van der Waals surface area (Å²) in [5.74, 6) is -0.314. The van der Waals surface area contributed by atoms with Crippen LogP contribution in [0.2, 0.25) is 8.67 Å². The summed E-state index contributed by atoms with van der Waals surface area (Å²) in [5.41, 5.74) is 1.15. The van der Waals surface area contributed by atoms with Crippen molar-refractivity contribution in [3.05, 3.63) is 68.1 Å². The predicted octanol–water partition coefficient (Wildman–Crippen LogP) is 5.43. The quantitative estimate of drug-likeness (QED) is 0.665. The maximum Gasteiger partial charge on any atom is 0.131 e. The molecular formula is C15H9Cl2FOS. The van der Waals surface area contributed by atoms with Gasteiger partial charge < -0.3 is 5.11 Å². The Morgan fingerprint density at radius 3 is 2.35 bits per heavy atom. The van der Waals surface area contributed by atoms with Gasteiger partial charge in [-0.1, -0.05) is 53.5 Å². The lowest BCUT2D eigenvalue weighted by Crippen LogP contribution is -2.00.